The number of carbonyl (C=O) groups excluding carboxylic acids is 2. The molecular formula is C25H27NO6. The molecule has 4 rings (SSSR count). The van der Waals surface area contributed by atoms with E-state index in [1.165, 1.54) is 4.90 Å². The fourth-order valence-electron chi connectivity index (χ4n) is 4.24. The molecule has 168 valence electrons. The lowest BCUT2D eigenvalue weighted by atomic mass is 9.95. The summed E-state index contributed by atoms with van der Waals surface area (Å²) in [4.78, 5) is 27.6. The highest BCUT2D eigenvalue weighted by atomic mass is 16.5. The molecule has 0 spiro atoms. The molecule has 1 N–H and O–H groups in total. The van der Waals surface area contributed by atoms with Gasteiger partial charge in [-0.15, -0.1) is 0 Å². The molecule has 0 unspecified atom stereocenters. The van der Waals surface area contributed by atoms with Crippen LogP contribution >= 0.6 is 0 Å². The Kier molecular flexibility index (Phi) is 6.46. The zero-order valence-electron chi connectivity index (χ0n) is 18.2. The maximum absolute atomic E-state index is 13.1. The molecule has 7 nitrogen and oxygen atoms in total. The van der Waals surface area contributed by atoms with Crippen LogP contribution in [0.5, 0.6) is 11.5 Å². The predicted molar refractivity (Wildman–Crippen MR) is 119 cm³/mol. The summed E-state index contributed by atoms with van der Waals surface area (Å²) >= 11 is 0. The molecular weight excluding hydrogens is 410 g/mol. The van der Waals surface area contributed by atoms with E-state index in [1.807, 2.05) is 19.1 Å². The molecule has 0 saturated carbocycles. The largest absolute Gasteiger partial charge is 0.507 e. The van der Waals surface area contributed by atoms with E-state index in [-0.39, 0.29) is 17.4 Å². The molecule has 1 amide bonds. The average Bonchev–Trinajstić information content (AvgIpc) is 3.42. The van der Waals surface area contributed by atoms with E-state index in [9.17, 15) is 14.7 Å². The van der Waals surface area contributed by atoms with E-state index in [4.69, 9.17) is 14.2 Å². The monoisotopic (exact) mass is 437 g/mol. The van der Waals surface area contributed by atoms with Crippen LogP contribution in [0.2, 0.25) is 0 Å². The lowest BCUT2D eigenvalue weighted by molar-refractivity contribution is -0.140. The van der Waals surface area contributed by atoms with Gasteiger partial charge in [-0.3, -0.25) is 9.59 Å². The van der Waals surface area contributed by atoms with Crippen molar-refractivity contribution >= 4 is 17.4 Å². The van der Waals surface area contributed by atoms with E-state index in [2.05, 4.69) is 0 Å². The number of aliphatic hydroxyl groups excluding tert-OH is 1. The summed E-state index contributed by atoms with van der Waals surface area (Å²) in [6.07, 6.45) is 1.63. The van der Waals surface area contributed by atoms with Crippen LogP contribution in [0.3, 0.4) is 0 Å². The van der Waals surface area contributed by atoms with Crippen molar-refractivity contribution in [2.45, 2.75) is 31.9 Å². The molecule has 0 bridgehead atoms. The summed E-state index contributed by atoms with van der Waals surface area (Å²) < 4.78 is 16.4. The Labute approximate surface area is 187 Å². The third-order valence-electron chi connectivity index (χ3n) is 5.83. The van der Waals surface area contributed by atoms with Crippen molar-refractivity contribution in [3.63, 3.8) is 0 Å². The van der Waals surface area contributed by atoms with Crippen molar-refractivity contribution in [2.24, 2.45) is 0 Å². The summed E-state index contributed by atoms with van der Waals surface area (Å²) in [5.74, 6) is -0.213. The zero-order chi connectivity index (χ0) is 22.7. The van der Waals surface area contributed by atoms with E-state index in [0.29, 0.717) is 36.8 Å². The van der Waals surface area contributed by atoms with Crippen LogP contribution < -0.4 is 9.47 Å². The first-order chi connectivity index (χ1) is 15.5. The van der Waals surface area contributed by atoms with Gasteiger partial charge in [-0.1, -0.05) is 12.1 Å². The number of hydrogen-bond donors (Lipinski definition) is 1. The van der Waals surface area contributed by atoms with E-state index >= 15 is 0 Å². The van der Waals surface area contributed by atoms with E-state index in [0.717, 1.165) is 18.4 Å². The Balaban J connectivity index is 1.77. The van der Waals surface area contributed by atoms with Gasteiger partial charge in [0.1, 0.15) is 17.3 Å². The summed E-state index contributed by atoms with van der Waals surface area (Å²) in [6, 6.07) is 13.3. The smallest absolute Gasteiger partial charge is 0.295 e. The number of ether oxygens (including phenoxy) is 3. The molecule has 32 heavy (non-hydrogen) atoms. The van der Waals surface area contributed by atoms with Gasteiger partial charge in [0.15, 0.2) is 0 Å². The maximum Gasteiger partial charge on any atom is 0.295 e. The molecule has 2 aliphatic rings. The number of benzene rings is 2. The molecule has 0 radical (unpaired) electrons. The Morgan fingerprint density at radius 2 is 1.78 bits per heavy atom. The number of amides is 1. The van der Waals surface area contributed by atoms with Crippen LogP contribution in [0.4, 0.5) is 0 Å². The fraction of sp³-hybridized carbons (Fsp3) is 0.360. The molecule has 2 saturated heterocycles. The van der Waals surface area contributed by atoms with Crippen molar-refractivity contribution in [2.75, 3.05) is 26.9 Å². The number of hydrogen-bond acceptors (Lipinski definition) is 6. The lowest BCUT2D eigenvalue weighted by Crippen LogP contribution is -2.36. The molecule has 2 heterocycles. The maximum atomic E-state index is 13.1. The third-order valence-corrected chi connectivity index (χ3v) is 5.83. The van der Waals surface area contributed by atoms with Crippen LogP contribution in [0.15, 0.2) is 54.1 Å². The van der Waals surface area contributed by atoms with Gasteiger partial charge in [-0.25, -0.2) is 0 Å². The summed E-state index contributed by atoms with van der Waals surface area (Å²) in [7, 11) is 1.55. The molecule has 2 aliphatic heterocycles. The Bertz CT molecular complexity index is 1010. The highest BCUT2D eigenvalue weighted by molar-refractivity contribution is 6.46. The Morgan fingerprint density at radius 3 is 2.38 bits per heavy atom. The predicted octanol–water partition coefficient (Wildman–Crippen LogP) is 3.69. The topological polar surface area (TPSA) is 85.3 Å². The van der Waals surface area contributed by atoms with Gasteiger partial charge in [-0.05, 0) is 61.7 Å². The van der Waals surface area contributed by atoms with Crippen molar-refractivity contribution in [3.8, 4) is 11.5 Å². The van der Waals surface area contributed by atoms with Gasteiger partial charge in [0.25, 0.3) is 11.7 Å². The molecule has 2 aromatic carbocycles. The first-order valence-electron chi connectivity index (χ1n) is 10.8. The number of carbonyl (C=O) groups is 2. The quantitative estimate of drug-likeness (QED) is 0.404. The number of Topliss-reactive ketones (excluding diaryl/α,β-unsaturated/α-hetero) is 1. The molecule has 2 fully saturated rings. The second-order valence-corrected chi connectivity index (χ2v) is 7.82. The normalized spacial score (nSPS) is 22.4. The Morgan fingerprint density at radius 1 is 1.09 bits per heavy atom. The minimum atomic E-state index is -0.711. The number of aliphatic hydroxyl groups is 1. The van der Waals surface area contributed by atoms with Gasteiger partial charge < -0.3 is 24.2 Å². The van der Waals surface area contributed by atoms with Gasteiger partial charge >= 0.3 is 0 Å². The third kappa shape index (κ3) is 4.21. The van der Waals surface area contributed by atoms with Gasteiger partial charge in [0.2, 0.25) is 0 Å². The number of methoxy groups -OCH3 is 1. The van der Waals surface area contributed by atoms with Crippen LogP contribution in [0.25, 0.3) is 5.76 Å². The average molecular weight is 437 g/mol. The number of ketones is 1. The number of rotatable bonds is 7. The molecule has 0 aromatic heterocycles. The second-order valence-electron chi connectivity index (χ2n) is 7.82. The van der Waals surface area contributed by atoms with Gasteiger partial charge in [0, 0.05) is 18.7 Å². The standard InChI is InChI=1S/C25H27NO6/c1-3-31-19-12-6-16(7-13-19)22-21(23(27)17-8-10-18(30-2)11-9-17)24(28)25(29)26(22)15-20-5-4-14-32-20/h6-13,20,22,27H,3-5,14-15H2,1-2H3/t20-,22+/m0/s1. The van der Waals surface area contributed by atoms with Crippen LogP contribution in [-0.2, 0) is 14.3 Å². The highest BCUT2D eigenvalue weighted by Gasteiger charge is 2.47. The van der Waals surface area contributed by atoms with Crippen molar-refractivity contribution in [1.82, 2.24) is 4.90 Å². The van der Waals surface area contributed by atoms with Crippen LogP contribution in [-0.4, -0.2) is 54.7 Å². The molecule has 0 aliphatic carbocycles. The fourth-order valence-corrected chi connectivity index (χ4v) is 4.24. The van der Waals surface area contributed by atoms with E-state index in [1.54, 1.807) is 43.5 Å². The number of nitrogens with zero attached hydrogens (tertiary/aromatic N) is 1. The lowest BCUT2D eigenvalue weighted by Gasteiger charge is -2.27. The first kappa shape index (κ1) is 21.9. The van der Waals surface area contributed by atoms with Crippen LogP contribution in [0.1, 0.15) is 36.9 Å². The van der Waals surface area contributed by atoms with Gasteiger partial charge in [0.05, 0.1) is 31.4 Å². The van der Waals surface area contributed by atoms with Crippen molar-refractivity contribution in [1.29, 1.82) is 0 Å². The van der Waals surface area contributed by atoms with Crippen molar-refractivity contribution < 1.29 is 28.9 Å². The second kappa shape index (κ2) is 9.44. The molecule has 2 aromatic rings. The summed E-state index contributed by atoms with van der Waals surface area (Å²) in [5, 5.41) is 11.1. The highest BCUT2D eigenvalue weighted by Crippen LogP contribution is 2.40. The SMILES string of the molecule is CCOc1ccc([C@@H]2C(=C(O)c3ccc(OC)cc3)C(=O)C(=O)N2C[C@@H]2CCCO2)cc1. The summed E-state index contributed by atoms with van der Waals surface area (Å²) in [5.41, 5.74) is 1.24. The van der Waals surface area contributed by atoms with E-state index < -0.39 is 17.7 Å². The zero-order valence-corrected chi connectivity index (χ0v) is 18.2. The van der Waals surface area contributed by atoms with Crippen molar-refractivity contribution in [3.05, 3.63) is 65.2 Å². The minimum Gasteiger partial charge on any atom is -0.507 e. The van der Waals surface area contributed by atoms with Crippen LogP contribution in [0, 0.1) is 0 Å². The first-order valence-corrected chi connectivity index (χ1v) is 10.8. The number of likely N-dealkylation sites (tertiary alicyclic amines) is 1. The molecule has 7 heteroatoms. The minimum absolute atomic E-state index is 0.0716. The Hall–Kier alpha value is -3.32. The summed E-state index contributed by atoms with van der Waals surface area (Å²) in [6.45, 7) is 3.38. The van der Waals surface area contributed by atoms with Gasteiger partial charge in [-0.2, -0.15) is 0 Å². The molecule has 2 atom stereocenters.